The van der Waals surface area contributed by atoms with Gasteiger partial charge in [-0.3, -0.25) is 4.79 Å². The number of carbonyl (C=O) groups is 1. The van der Waals surface area contributed by atoms with Gasteiger partial charge in [-0.15, -0.1) is 0 Å². The van der Waals surface area contributed by atoms with Gasteiger partial charge in [0.2, 0.25) is 0 Å². The van der Waals surface area contributed by atoms with Crippen molar-refractivity contribution in [2.75, 3.05) is 18.9 Å². The number of hydrogen-bond donors (Lipinski definition) is 2. The third kappa shape index (κ3) is 4.97. The summed E-state index contributed by atoms with van der Waals surface area (Å²) in [5, 5.41) is 3.02. The molecule has 1 amide bonds. The van der Waals surface area contributed by atoms with Gasteiger partial charge in [-0.2, -0.15) is 0 Å². The first-order chi connectivity index (χ1) is 10.6. The molecule has 0 bridgehead atoms. The number of hydrogen-bond acceptors (Lipinski definition) is 1. The van der Waals surface area contributed by atoms with Crippen molar-refractivity contribution in [2.24, 2.45) is 0 Å². The van der Waals surface area contributed by atoms with E-state index in [1.807, 2.05) is 43.4 Å². The van der Waals surface area contributed by atoms with E-state index in [9.17, 15) is 4.79 Å². The van der Waals surface area contributed by atoms with Gasteiger partial charge in [-0.1, -0.05) is 53.2 Å². The Labute approximate surface area is 140 Å². The number of aryl methyl sites for hydroxylation is 1. The van der Waals surface area contributed by atoms with Gasteiger partial charge in [-0.25, -0.2) is 0 Å². The molecule has 0 aromatic heterocycles. The number of nitrogens with one attached hydrogen (secondary N) is 2. The third-order valence-electron chi connectivity index (χ3n) is 3.55. The number of quaternary nitrogens is 1. The third-order valence-corrected chi connectivity index (χ3v) is 4.08. The number of halogens is 1. The summed E-state index contributed by atoms with van der Waals surface area (Å²) in [7, 11) is 2.04. The number of likely N-dealkylation sites (N-methyl/N-ethyl adjacent to an activating group) is 1. The molecule has 4 heteroatoms. The van der Waals surface area contributed by atoms with E-state index < -0.39 is 0 Å². The number of anilines is 1. The fraction of sp³-hybridized carbons (Fsp3) is 0.278. The van der Waals surface area contributed by atoms with E-state index in [0.717, 1.165) is 28.0 Å². The number of para-hydroxylation sites is 1. The summed E-state index contributed by atoms with van der Waals surface area (Å²) in [6.45, 7) is 3.38. The maximum absolute atomic E-state index is 12.2. The lowest BCUT2D eigenvalue weighted by atomic mass is 10.1. The first kappa shape index (κ1) is 16.7. The normalized spacial score (nSPS) is 12.0. The summed E-state index contributed by atoms with van der Waals surface area (Å²) >= 11 is 3.43. The molecule has 0 saturated carbocycles. The Kier molecular flexibility index (Phi) is 6.16. The minimum Gasteiger partial charge on any atom is -0.326 e. The summed E-state index contributed by atoms with van der Waals surface area (Å²) < 4.78 is 1.07. The van der Waals surface area contributed by atoms with E-state index >= 15 is 0 Å². The highest BCUT2D eigenvalue weighted by molar-refractivity contribution is 9.10. The van der Waals surface area contributed by atoms with Crippen LogP contribution in [0.5, 0.6) is 0 Å². The van der Waals surface area contributed by atoms with Crippen LogP contribution in [0.1, 0.15) is 18.1 Å². The van der Waals surface area contributed by atoms with Crippen LogP contribution in [0, 0.1) is 0 Å². The maximum Gasteiger partial charge on any atom is 0.279 e. The minimum absolute atomic E-state index is 0.0514. The molecule has 0 heterocycles. The molecule has 0 aliphatic heterocycles. The van der Waals surface area contributed by atoms with E-state index in [1.165, 1.54) is 11.1 Å². The smallest absolute Gasteiger partial charge is 0.279 e. The van der Waals surface area contributed by atoms with Crippen molar-refractivity contribution in [1.82, 2.24) is 0 Å². The summed E-state index contributed by atoms with van der Waals surface area (Å²) in [6.07, 6.45) is 0.915. The fourth-order valence-electron chi connectivity index (χ4n) is 2.43. The van der Waals surface area contributed by atoms with Crippen LogP contribution in [0.15, 0.2) is 53.0 Å². The topological polar surface area (TPSA) is 33.5 Å². The molecule has 2 N–H and O–H groups in total. The second-order valence-corrected chi connectivity index (χ2v) is 6.41. The average molecular weight is 362 g/mol. The number of amides is 1. The van der Waals surface area contributed by atoms with Gasteiger partial charge in [0.05, 0.1) is 7.05 Å². The summed E-state index contributed by atoms with van der Waals surface area (Å²) in [5.41, 5.74) is 3.32. The highest BCUT2D eigenvalue weighted by Gasteiger charge is 2.12. The van der Waals surface area contributed by atoms with E-state index in [4.69, 9.17) is 0 Å². The van der Waals surface area contributed by atoms with E-state index in [0.29, 0.717) is 6.54 Å². The Morgan fingerprint density at radius 3 is 2.50 bits per heavy atom. The molecule has 0 aliphatic rings. The first-order valence-corrected chi connectivity index (χ1v) is 8.31. The van der Waals surface area contributed by atoms with Crippen LogP contribution in [0.3, 0.4) is 0 Å². The maximum atomic E-state index is 12.2. The Morgan fingerprint density at radius 1 is 1.14 bits per heavy atom. The predicted octanol–water partition coefficient (Wildman–Crippen LogP) is 2.66. The van der Waals surface area contributed by atoms with Gasteiger partial charge in [0.15, 0.2) is 6.54 Å². The lowest BCUT2D eigenvalue weighted by Gasteiger charge is -2.15. The Hall–Kier alpha value is -1.65. The zero-order chi connectivity index (χ0) is 15.9. The standard InChI is InChI=1S/C18H21BrN2O/c1-3-15-6-4-5-7-17(15)20-18(22)13-21(2)12-14-8-10-16(19)11-9-14/h4-11H,3,12-13H2,1-2H3,(H,20,22)/p+1. The predicted molar refractivity (Wildman–Crippen MR) is 94.0 cm³/mol. The molecule has 22 heavy (non-hydrogen) atoms. The van der Waals surface area contributed by atoms with E-state index in [1.54, 1.807) is 0 Å². The Balaban J connectivity index is 1.89. The SMILES string of the molecule is CCc1ccccc1NC(=O)C[NH+](C)Cc1ccc(Br)cc1. The summed E-state index contributed by atoms with van der Waals surface area (Å²) in [5.74, 6) is 0.0514. The molecule has 116 valence electrons. The molecule has 0 aliphatic carbocycles. The van der Waals surface area contributed by atoms with Gasteiger partial charge in [0.25, 0.3) is 5.91 Å². The lowest BCUT2D eigenvalue weighted by Crippen LogP contribution is -3.08. The molecule has 0 radical (unpaired) electrons. The number of benzene rings is 2. The molecule has 2 rings (SSSR count). The monoisotopic (exact) mass is 361 g/mol. The average Bonchev–Trinajstić information content (AvgIpc) is 2.50. The number of carbonyl (C=O) groups excluding carboxylic acids is 1. The van der Waals surface area contributed by atoms with Gasteiger partial charge in [0, 0.05) is 15.7 Å². The molecule has 2 aromatic rings. The molecular formula is C18H22BrN2O+. The second kappa shape index (κ2) is 8.11. The van der Waals surface area contributed by atoms with Crippen LogP contribution >= 0.6 is 15.9 Å². The van der Waals surface area contributed by atoms with Crippen LogP contribution in [-0.4, -0.2) is 19.5 Å². The van der Waals surface area contributed by atoms with E-state index in [-0.39, 0.29) is 5.91 Å². The fourth-order valence-corrected chi connectivity index (χ4v) is 2.70. The van der Waals surface area contributed by atoms with Crippen molar-refractivity contribution in [3.63, 3.8) is 0 Å². The molecular weight excluding hydrogens is 340 g/mol. The molecule has 0 spiro atoms. The highest BCUT2D eigenvalue weighted by atomic mass is 79.9. The van der Waals surface area contributed by atoms with Gasteiger partial charge in [0.1, 0.15) is 6.54 Å². The Morgan fingerprint density at radius 2 is 1.82 bits per heavy atom. The molecule has 1 unspecified atom stereocenters. The van der Waals surface area contributed by atoms with Crippen molar-refractivity contribution in [3.8, 4) is 0 Å². The molecule has 0 fully saturated rings. The lowest BCUT2D eigenvalue weighted by molar-refractivity contribution is -0.885. The molecule has 3 nitrogen and oxygen atoms in total. The minimum atomic E-state index is 0.0514. The van der Waals surface area contributed by atoms with Crippen LogP contribution in [-0.2, 0) is 17.8 Å². The van der Waals surface area contributed by atoms with Gasteiger partial charge in [-0.05, 0) is 30.2 Å². The van der Waals surface area contributed by atoms with Crippen molar-refractivity contribution >= 4 is 27.5 Å². The summed E-state index contributed by atoms with van der Waals surface area (Å²) in [4.78, 5) is 13.4. The van der Waals surface area contributed by atoms with Crippen LogP contribution < -0.4 is 10.2 Å². The zero-order valence-corrected chi connectivity index (χ0v) is 14.6. The largest absolute Gasteiger partial charge is 0.326 e. The van der Waals surface area contributed by atoms with Gasteiger partial charge >= 0.3 is 0 Å². The second-order valence-electron chi connectivity index (χ2n) is 5.50. The van der Waals surface area contributed by atoms with Crippen LogP contribution in [0.25, 0.3) is 0 Å². The Bertz CT molecular complexity index is 625. The van der Waals surface area contributed by atoms with Crippen LogP contribution in [0.4, 0.5) is 5.69 Å². The van der Waals surface area contributed by atoms with Crippen molar-refractivity contribution in [1.29, 1.82) is 0 Å². The quantitative estimate of drug-likeness (QED) is 0.814. The highest BCUT2D eigenvalue weighted by Crippen LogP contribution is 2.14. The molecule has 0 saturated heterocycles. The van der Waals surface area contributed by atoms with Gasteiger partial charge < -0.3 is 10.2 Å². The first-order valence-electron chi connectivity index (χ1n) is 7.52. The molecule has 1 atom stereocenters. The van der Waals surface area contributed by atoms with Crippen molar-refractivity contribution < 1.29 is 9.69 Å². The number of rotatable bonds is 6. The zero-order valence-electron chi connectivity index (χ0n) is 13.0. The van der Waals surface area contributed by atoms with Crippen molar-refractivity contribution in [2.45, 2.75) is 19.9 Å². The van der Waals surface area contributed by atoms with E-state index in [2.05, 4.69) is 40.3 Å². The van der Waals surface area contributed by atoms with Crippen molar-refractivity contribution in [3.05, 3.63) is 64.1 Å². The summed E-state index contributed by atoms with van der Waals surface area (Å²) in [6, 6.07) is 16.2. The van der Waals surface area contributed by atoms with Crippen LogP contribution in [0.2, 0.25) is 0 Å². The molecule has 2 aromatic carbocycles.